The maximum atomic E-state index is 13.6. The summed E-state index contributed by atoms with van der Waals surface area (Å²) in [5.41, 5.74) is 5.36. The van der Waals surface area contributed by atoms with E-state index in [-0.39, 0.29) is 12.0 Å². The second-order valence-electron chi connectivity index (χ2n) is 8.82. The van der Waals surface area contributed by atoms with E-state index in [0.29, 0.717) is 18.7 Å². The number of carbonyl (C=O) groups excluding carboxylic acids is 1. The van der Waals surface area contributed by atoms with Gasteiger partial charge < -0.3 is 15.0 Å². The van der Waals surface area contributed by atoms with Gasteiger partial charge in [-0.05, 0) is 70.0 Å². The molecule has 0 aliphatic heterocycles. The van der Waals surface area contributed by atoms with Crippen molar-refractivity contribution < 1.29 is 9.53 Å². The molecule has 1 N–H and O–H groups in total. The molecule has 0 heterocycles. The zero-order valence-electron chi connectivity index (χ0n) is 28.0. The van der Waals surface area contributed by atoms with Crippen molar-refractivity contribution in [3.63, 3.8) is 0 Å². The van der Waals surface area contributed by atoms with Crippen molar-refractivity contribution in [3.05, 3.63) is 89.1 Å². The highest BCUT2D eigenvalue weighted by molar-refractivity contribution is 6.19. The smallest absolute Gasteiger partial charge is 0.259 e. The van der Waals surface area contributed by atoms with Crippen LogP contribution in [0, 0.1) is 0 Å². The molecule has 0 bridgehead atoms. The van der Waals surface area contributed by atoms with Crippen LogP contribution in [0.2, 0.25) is 0 Å². The molecule has 0 aliphatic rings. The molecule has 1 unspecified atom stereocenters. The maximum Gasteiger partial charge on any atom is 0.259 e. The lowest BCUT2D eigenvalue weighted by molar-refractivity contribution is -0.114. The number of hydrogen-bond acceptors (Lipinski definition) is 4. The number of allylic oxidation sites excluding steroid dienone is 2. The van der Waals surface area contributed by atoms with Crippen LogP contribution in [0.4, 0.5) is 5.69 Å². The molecule has 2 aromatic carbocycles. The molecule has 5 heteroatoms. The van der Waals surface area contributed by atoms with Gasteiger partial charge in [0.2, 0.25) is 0 Å². The highest BCUT2D eigenvalue weighted by atomic mass is 16.5. The van der Waals surface area contributed by atoms with Crippen molar-refractivity contribution in [1.29, 1.82) is 0 Å². The number of amides is 1. The van der Waals surface area contributed by atoms with Crippen molar-refractivity contribution in [2.45, 2.75) is 101 Å². The Kier molecular flexibility index (Phi) is 25.4. The minimum absolute atomic E-state index is 0.000774. The molecule has 41 heavy (non-hydrogen) atoms. The van der Waals surface area contributed by atoms with Gasteiger partial charge >= 0.3 is 0 Å². The summed E-state index contributed by atoms with van der Waals surface area (Å²) in [4.78, 5) is 19.8. The van der Waals surface area contributed by atoms with E-state index in [1.54, 1.807) is 6.21 Å². The summed E-state index contributed by atoms with van der Waals surface area (Å²) in [7, 11) is 1.95. The van der Waals surface area contributed by atoms with E-state index < -0.39 is 0 Å². The van der Waals surface area contributed by atoms with Crippen molar-refractivity contribution >= 4 is 17.8 Å². The Labute approximate surface area is 252 Å². The highest BCUT2D eigenvalue weighted by Crippen LogP contribution is 2.25. The average Bonchev–Trinajstić information content (AvgIpc) is 3.03. The van der Waals surface area contributed by atoms with Gasteiger partial charge in [0, 0.05) is 24.1 Å². The van der Waals surface area contributed by atoms with E-state index in [0.717, 1.165) is 48.3 Å². The van der Waals surface area contributed by atoms with Gasteiger partial charge in [-0.15, -0.1) is 0 Å². The number of anilines is 1. The Balaban J connectivity index is 0. The number of hydrogen-bond donors (Lipinski definition) is 1. The molecule has 230 valence electrons. The van der Waals surface area contributed by atoms with Crippen LogP contribution in [0.3, 0.4) is 0 Å². The lowest BCUT2D eigenvalue weighted by atomic mass is 10.1. The van der Waals surface area contributed by atoms with Crippen LogP contribution in [0.15, 0.2) is 83.0 Å². The average molecular weight is 566 g/mol. The molecule has 5 nitrogen and oxygen atoms in total. The van der Waals surface area contributed by atoms with E-state index in [2.05, 4.69) is 42.0 Å². The van der Waals surface area contributed by atoms with Gasteiger partial charge in [0.1, 0.15) is 0 Å². The van der Waals surface area contributed by atoms with Crippen LogP contribution in [0.25, 0.3) is 0 Å². The van der Waals surface area contributed by atoms with E-state index in [4.69, 9.17) is 4.74 Å². The summed E-state index contributed by atoms with van der Waals surface area (Å²) >= 11 is 0. The first kappa shape index (κ1) is 40.1. The number of nitrogens with one attached hydrogen (secondary N) is 1. The Morgan fingerprint density at radius 1 is 1.00 bits per heavy atom. The first-order valence-electron chi connectivity index (χ1n) is 15.5. The van der Waals surface area contributed by atoms with Gasteiger partial charge in [0.05, 0.1) is 18.3 Å². The van der Waals surface area contributed by atoms with E-state index in [1.165, 1.54) is 5.56 Å². The van der Waals surface area contributed by atoms with E-state index in [9.17, 15) is 4.79 Å². The minimum atomic E-state index is -0.0475. The van der Waals surface area contributed by atoms with Crippen molar-refractivity contribution in [2.24, 2.45) is 4.99 Å². The third-order valence-corrected chi connectivity index (χ3v) is 5.75. The maximum absolute atomic E-state index is 13.6. The molecule has 0 aromatic heterocycles. The SMILES string of the molecule is C=C(CC)N=CC(C(=O)N(CCC)c1cccc(COC(CCNC)c2ccccc2)c1)=C(C)C.CC.CC.CC. The van der Waals surface area contributed by atoms with Crippen LogP contribution in [0.5, 0.6) is 0 Å². The van der Waals surface area contributed by atoms with E-state index >= 15 is 0 Å². The highest BCUT2D eigenvalue weighted by Gasteiger charge is 2.20. The van der Waals surface area contributed by atoms with Gasteiger partial charge in [-0.3, -0.25) is 9.79 Å². The second kappa shape index (κ2) is 25.9. The molecule has 0 fully saturated rings. The Bertz CT molecular complexity index is 1010. The lowest BCUT2D eigenvalue weighted by Crippen LogP contribution is -2.33. The van der Waals surface area contributed by atoms with Crippen molar-refractivity contribution in [2.75, 3.05) is 25.0 Å². The lowest BCUT2D eigenvalue weighted by Gasteiger charge is -2.24. The van der Waals surface area contributed by atoms with Crippen molar-refractivity contribution in [3.8, 4) is 0 Å². The predicted octanol–water partition coefficient (Wildman–Crippen LogP) is 9.71. The fourth-order valence-electron chi connectivity index (χ4n) is 3.66. The first-order valence-corrected chi connectivity index (χ1v) is 15.5. The number of rotatable bonds is 14. The summed E-state index contributed by atoms with van der Waals surface area (Å²) < 4.78 is 6.35. The molecule has 0 radical (unpaired) electrons. The standard InChI is InChI=1S/C30H41N3O2.3C2H6/c1-7-19-33(30(34)28(23(3)4)21-32-24(5)8-2)27-16-12-13-25(20-27)22-35-29(17-18-31-6)26-14-10-9-11-15-26;3*1-2/h9-16,20-21,29,31H,5,7-8,17-19,22H2,1-4,6H3;3*1-2H3. The first-order chi connectivity index (χ1) is 19.9. The molecule has 0 saturated carbocycles. The third kappa shape index (κ3) is 15.5. The zero-order valence-corrected chi connectivity index (χ0v) is 28.0. The molecule has 1 amide bonds. The van der Waals surface area contributed by atoms with Gasteiger partial charge in [0.15, 0.2) is 0 Å². The summed E-state index contributed by atoms with van der Waals surface area (Å²) in [5.74, 6) is -0.0475. The molecule has 1 atom stereocenters. The number of carbonyl (C=O) groups is 1. The molecule has 0 spiro atoms. The second-order valence-corrected chi connectivity index (χ2v) is 8.82. The van der Waals surface area contributed by atoms with Crippen LogP contribution in [-0.4, -0.2) is 32.3 Å². The molecular weight excluding hydrogens is 506 g/mol. The zero-order chi connectivity index (χ0) is 31.6. The number of nitrogens with zero attached hydrogens (tertiary/aromatic N) is 2. The topological polar surface area (TPSA) is 53.9 Å². The Hall–Kier alpha value is -3.02. The fourth-order valence-corrected chi connectivity index (χ4v) is 3.66. The Morgan fingerprint density at radius 3 is 2.17 bits per heavy atom. The number of aliphatic imine (C=N–C) groups is 1. The number of ether oxygens (including phenoxy) is 1. The molecular formula is C36H59N3O2. The van der Waals surface area contributed by atoms with Crippen LogP contribution in [0.1, 0.15) is 106 Å². The predicted molar refractivity (Wildman–Crippen MR) is 182 cm³/mol. The van der Waals surface area contributed by atoms with Gasteiger partial charge in [-0.2, -0.15) is 0 Å². The molecule has 2 aromatic rings. The van der Waals surface area contributed by atoms with Crippen LogP contribution in [-0.2, 0) is 16.1 Å². The largest absolute Gasteiger partial charge is 0.369 e. The van der Waals surface area contributed by atoms with Gasteiger partial charge in [-0.25, -0.2) is 0 Å². The molecule has 0 saturated heterocycles. The summed E-state index contributed by atoms with van der Waals surface area (Å²) in [6, 6.07) is 18.4. The van der Waals surface area contributed by atoms with Crippen LogP contribution < -0.4 is 10.2 Å². The normalized spacial score (nSPS) is 10.6. The monoisotopic (exact) mass is 565 g/mol. The van der Waals surface area contributed by atoms with E-state index in [1.807, 2.05) is 111 Å². The summed E-state index contributed by atoms with van der Waals surface area (Å²) in [6.07, 6.45) is 4.14. The molecule has 2 rings (SSSR count). The minimum Gasteiger partial charge on any atom is -0.369 e. The fraction of sp³-hybridized carbons (Fsp3) is 0.500. The van der Waals surface area contributed by atoms with Crippen molar-refractivity contribution in [1.82, 2.24) is 5.32 Å². The molecule has 0 aliphatic carbocycles. The summed E-state index contributed by atoms with van der Waals surface area (Å²) in [5, 5.41) is 3.21. The Morgan fingerprint density at radius 2 is 1.63 bits per heavy atom. The van der Waals surface area contributed by atoms with Gasteiger partial charge in [0.25, 0.3) is 5.91 Å². The quantitative estimate of drug-likeness (QED) is 0.183. The third-order valence-electron chi connectivity index (χ3n) is 5.75. The number of benzene rings is 2. The van der Waals surface area contributed by atoms with Gasteiger partial charge in [-0.1, -0.05) is 110 Å². The summed E-state index contributed by atoms with van der Waals surface area (Å²) in [6.45, 7) is 25.9. The van der Waals surface area contributed by atoms with Crippen LogP contribution >= 0.6 is 0 Å².